The Balaban J connectivity index is 1.22. The first-order valence-electron chi connectivity index (χ1n) is 18.4. The highest BCUT2D eigenvalue weighted by Gasteiger charge is 2.51. The molecule has 5 aromatic rings. The van der Waals surface area contributed by atoms with Crippen LogP contribution in [0.4, 0.5) is 4.39 Å². The van der Waals surface area contributed by atoms with Gasteiger partial charge < -0.3 is 19.5 Å². The maximum Gasteiger partial charge on any atom is 0.226 e. The number of halogens is 3. The fourth-order valence-corrected chi connectivity index (χ4v) is 9.46. The Morgan fingerprint density at radius 1 is 1.08 bits per heavy atom. The highest BCUT2D eigenvalue weighted by atomic mass is 35.5. The summed E-state index contributed by atoms with van der Waals surface area (Å²) in [5.74, 6) is 0.0743. The molecule has 3 saturated heterocycles. The molecule has 5 aliphatic rings. The largest absolute Gasteiger partial charge is 0.372 e. The number of carbonyl (C=O) groups excluding carboxylic acids is 1. The molecule has 5 unspecified atom stereocenters. The molecule has 8 nitrogen and oxygen atoms in total. The molecule has 3 aliphatic heterocycles. The van der Waals surface area contributed by atoms with E-state index in [9.17, 15) is 15.3 Å². The van der Waals surface area contributed by atoms with Crippen molar-refractivity contribution in [1.82, 2.24) is 19.8 Å². The quantitative estimate of drug-likeness (QED) is 0.162. The monoisotopic (exact) mass is 746 g/mol. The van der Waals surface area contributed by atoms with Crippen LogP contribution in [0, 0.1) is 47.2 Å². The van der Waals surface area contributed by atoms with Crippen molar-refractivity contribution in [3.8, 4) is 23.3 Å². The van der Waals surface area contributed by atoms with E-state index in [1.54, 1.807) is 24.3 Å². The molecule has 53 heavy (non-hydrogen) atoms. The van der Waals surface area contributed by atoms with Crippen molar-refractivity contribution in [3.05, 3.63) is 98.5 Å². The molecule has 2 aliphatic carbocycles. The van der Waals surface area contributed by atoms with Gasteiger partial charge in [-0.25, -0.2) is 9.37 Å². The molecule has 5 heterocycles. The van der Waals surface area contributed by atoms with Gasteiger partial charge in [-0.15, -0.1) is 0 Å². The van der Waals surface area contributed by atoms with Crippen LogP contribution in [0.5, 0.6) is 0 Å². The molecule has 11 heteroatoms. The third-order valence-corrected chi connectivity index (χ3v) is 12.7. The number of nitriles is 2. The lowest BCUT2D eigenvalue weighted by atomic mass is 9.79. The van der Waals surface area contributed by atoms with Crippen LogP contribution in [0.1, 0.15) is 72.3 Å². The fraction of sp³-hybridized carbons (Fsp3) is 0.381. The van der Waals surface area contributed by atoms with Gasteiger partial charge in [-0.3, -0.25) is 4.79 Å². The number of aryl methyl sites for hydroxylation is 2. The number of fused-ring (bicyclic) bond motifs is 4. The number of nitrogens with one attached hydrogen (secondary N) is 1. The maximum atomic E-state index is 17.2. The Bertz CT molecular complexity index is 2400. The van der Waals surface area contributed by atoms with Crippen molar-refractivity contribution < 1.29 is 13.9 Å². The van der Waals surface area contributed by atoms with Gasteiger partial charge in [0.25, 0.3) is 0 Å². The summed E-state index contributed by atoms with van der Waals surface area (Å²) in [6.07, 6.45) is 3.73. The van der Waals surface area contributed by atoms with Gasteiger partial charge in [-0.05, 0) is 73.9 Å². The highest BCUT2D eigenvalue weighted by molar-refractivity contribution is 6.43. The second-order valence-electron chi connectivity index (χ2n) is 15.0. The Morgan fingerprint density at radius 2 is 1.91 bits per heavy atom. The van der Waals surface area contributed by atoms with Crippen molar-refractivity contribution in [2.24, 2.45) is 11.8 Å². The minimum atomic E-state index is -0.494. The first-order valence-corrected chi connectivity index (χ1v) is 19.1. The molecule has 5 atom stereocenters. The average molecular weight is 748 g/mol. The van der Waals surface area contributed by atoms with Crippen LogP contribution in [0.3, 0.4) is 0 Å². The van der Waals surface area contributed by atoms with Crippen LogP contribution >= 0.6 is 23.2 Å². The summed E-state index contributed by atoms with van der Waals surface area (Å²) in [4.78, 5) is 20.9. The molecular formula is C42H37Cl2FN6O2. The lowest BCUT2D eigenvalue weighted by Gasteiger charge is -2.39. The first-order chi connectivity index (χ1) is 25.8. The standard InChI is InChI=1S/C42H37Cl2FN6O2/c1-22-30-17-35(34-16-28(20-50(34)42(52)23-11-12-23)53-21-26-7-3-2-6-25(26)18-47)51(40-27-15-33(40)48-19-27)41(30)31-14-24(8-5-13-46)36(38(45)39(31)49-22)29-9-4-10-32(43)37(29)44/h2-4,6-7,9-10,14,17,23,27-28,33-34,40,48H,5,8,11-12,15-16,19-21H2,1H3. The Kier molecular flexibility index (Phi) is 8.67. The minimum Gasteiger partial charge on any atom is -0.372 e. The summed E-state index contributed by atoms with van der Waals surface area (Å²) in [5, 5.41) is 25.1. The number of carbonyl (C=O) groups is 1. The topological polar surface area (TPSA) is 107 Å². The van der Waals surface area contributed by atoms with E-state index in [1.165, 1.54) is 0 Å². The molecule has 2 bridgehead atoms. The second-order valence-corrected chi connectivity index (χ2v) is 15.8. The number of ether oxygens (including phenoxy) is 1. The molecule has 268 valence electrons. The molecule has 1 N–H and O–H groups in total. The van der Waals surface area contributed by atoms with E-state index in [0.29, 0.717) is 63.7 Å². The van der Waals surface area contributed by atoms with Crippen LogP contribution < -0.4 is 5.32 Å². The molecular weight excluding hydrogens is 710 g/mol. The number of hydrogen-bond acceptors (Lipinski definition) is 6. The van der Waals surface area contributed by atoms with Gasteiger partial charge in [0.15, 0.2) is 5.82 Å². The van der Waals surface area contributed by atoms with E-state index in [-0.39, 0.29) is 59.6 Å². The van der Waals surface area contributed by atoms with Gasteiger partial charge >= 0.3 is 0 Å². The summed E-state index contributed by atoms with van der Waals surface area (Å²) >= 11 is 13.1. The molecule has 10 rings (SSSR count). The third-order valence-electron chi connectivity index (χ3n) is 11.9. The van der Waals surface area contributed by atoms with Gasteiger partial charge in [-0.1, -0.05) is 53.5 Å². The van der Waals surface area contributed by atoms with Gasteiger partial charge in [-0.2, -0.15) is 10.5 Å². The van der Waals surface area contributed by atoms with Crippen molar-refractivity contribution in [3.63, 3.8) is 0 Å². The Morgan fingerprint density at radius 3 is 2.64 bits per heavy atom. The van der Waals surface area contributed by atoms with Crippen LogP contribution in [0.15, 0.2) is 54.6 Å². The van der Waals surface area contributed by atoms with E-state index < -0.39 is 5.82 Å². The predicted octanol–water partition coefficient (Wildman–Crippen LogP) is 8.74. The molecule has 2 aromatic heterocycles. The molecule has 3 aromatic carbocycles. The van der Waals surface area contributed by atoms with Crippen LogP contribution in [-0.4, -0.2) is 45.6 Å². The van der Waals surface area contributed by atoms with Gasteiger partial charge in [0.2, 0.25) is 5.91 Å². The minimum absolute atomic E-state index is 0.0210. The third kappa shape index (κ3) is 5.68. The van der Waals surface area contributed by atoms with Crippen LogP contribution in [0.2, 0.25) is 10.0 Å². The zero-order valence-electron chi connectivity index (χ0n) is 29.2. The molecule has 0 spiro atoms. The number of rotatable bonds is 9. The van der Waals surface area contributed by atoms with E-state index in [2.05, 4.69) is 28.1 Å². The summed E-state index contributed by atoms with van der Waals surface area (Å²) in [5.41, 5.74) is 5.69. The van der Waals surface area contributed by atoms with Crippen molar-refractivity contribution in [2.75, 3.05) is 13.1 Å². The number of amides is 1. The summed E-state index contributed by atoms with van der Waals surface area (Å²) in [7, 11) is 0. The molecule has 5 fully saturated rings. The number of benzene rings is 3. The zero-order chi connectivity index (χ0) is 36.5. The SMILES string of the molecule is Cc1nc2c(F)c(-c3cccc(Cl)c3Cl)c(CCC#N)cc2c2c1cc(C1CC(OCc3ccccc3C#N)CN1C(=O)C1CC1)n2C1C2CNC1C2. The zero-order valence-corrected chi connectivity index (χ0v) is 30.7. The molecule has 0 radical (unpaired) electrons. The lowest BCUT2D eigenvalue weighted by molar-refractivity contribution is -0.134. The lowest BCUT2D eigenvalue weighted by Crippen LogP contribution is -2.41. The highest BCUT2D eigenvalue weighted by Crippen LogP contribution is 2.51. The number of hydrogen-bond donors (Lipinski definition) is 1. The predicted molar refractivity (Wildman–Crippen MR) is 202 cm³/mol. The summed E-state index contributed by atoms with van der Waals surface area (Å²) < 4.78 is 26.1. The van der Waals surface area contributed by atoms with E-state index in [4.69, 9.17) is 32.9 Å². The second kappa shape index (κ2) is 13.4. The number of pyridine rings is 1. The van der Waals surface area contributed by atoms with E-state index in [0.717, 1.165) is 48.0 Å². The fourth-order valence-electron chi connectivity index (χ4n) is 9.07. The van der Waals surface area contributed by atoms with Crippen molar-refractivity contribution in [1.29, 1.82) is 10.5 Å². The van der Waals surface area contributed by atoms with Gasteiger partial charge in [0, 0.05) is 71.2 Å². The normalized spacial score (nSPS) is 23.4. The van der Waals surface area contributed by atoms with Crippen molar-refractivity contribution >= 4 is 50.9 Å². The molecule has 1 amide bonds. The number of aromatic nitrogens is 2. The summed E-state index contributed by atoms with van der Waals surface area (Å²) in [6.45, 7) is 3.55. The molecule has 2 saturated carbocycles. The van der Waals surface area contributed by atoms with Crippen LogP contribution in [0.25, 0.3) is 32.9 Å². The Labute approximate surface area is 317 Å². The van der Waals surface area contributed by atoms with Crippen molar-refractivity contribution in [2.45, 2.75) is 76.3 Å². The van der Waals surface area contributed by atoms with Gasteiger partial charge in [0.05, 0.1) is 58.1 Å². The smallest absolute Gasteiger partial charge is 0.226 e. The Hall–Kier alpha value is -4.51. The first kappa shape index (κ1) is 34.3. The van der Waals surface area contributed by atoms with Crippen LogP contribution in [-0.2, 0) is 22.6 Å². The average Bonchev–Trinajstić information content (AvgIpc) is 3.45. The van der Waals surface area contributed by atoms with E-state index >= 15 is 4.39 Å². The summed E-state index contributed by atoms with van der Waals surface area (Å²) in [6, 6.07) is 21.4. The maximum absolute atomic E-state index is 17.2. The number of nitrogens with zero attached hydrogens (tertiary/aromatic N) is 5. The number of likely N-dealkylation sites (tertiary alicyclic amines) is 1. The van der Waals surface area contributed by atoms with E-state index in [1.807, 2.05) is 36.1 Å². The van der Waals surface area contributed by atoms with Gasteiger partial charge in [0.1, 0.15) is 5.52 Å².